The lowest BCUT2D eigenvalue weighted by atomic mass is 10.0. The number of carboxylic acids is 3. The predicted octanol–water partition coefficient (Wildman–Crippen LogP) is 0.886. The number of hydrogen-bond acceptors (Lipinski definition) is 4. The highest BCUT2D eigenvalue weighted by Crippen LogP contribution is 2.24. The highest BCUT2D eigenvalue weighted by atomic mass is 16.4. The number of hydrogen-bond donors (Lipinski definition) is 4. The topological polar surface area (TPSA) is 132 Å². The van der Waals surface area contributed by atoms with Crippen LogP contribution in [-0.2, 0) is 4.79 Å². The molecule has 0 spiro atoms. The van der Waals surface area contributed by atoms with Gasteiger partial charge in [-0.2, -0.15) is 0 Å². The standard InChI is InChI=1S/C11H8O7/c12-8-4-6(10(15)16)5(1-2-9(13)14)3-7(8)11(17)18/h1-4,12H,(H,13,14)(H,15,16)(H,17,18)/b2-1+. The predicted molar refractivity (Wildman–Crippen MR) is 58.7 cm³/mol. The van der Waals surface area contributed by atoms with Gasteiger partial charge in [0.2, 0.25) is 0 Å². The molecule has 0 atom stereocenters. The molecule has 0 aliphatic carbocycles. The van der Waals surface area contributed by atoms with Gasteiger partial charge in [0.05, 0.1) is 5.56 Å². The van der Waals surface area contributed by atoms with Gasteiger partial charge >= 0.3 is 17.9 Å². The summed E-state index contributed by atoms with van der Waals surface area (Å²) in [6.45, 7) is 0. The summed E-state index contributed by atoms with van der Waals surface area (Å²) >= 11 is 0. The number of phenols is 1. The van der Waals surface area contributed by atoms with Crippen molar-refractivity contribution in [2.75, 3.05) is 0 Å². The summed E-state index contributed by atoms with van der Waals surface area (Å²) in [6.07, 6.45) is 1.61. The number of carbonyl (C=O) groups is 3. The Kier molecular flexibility index (Phi) is 3.68. The zero-order valence-corrected chi connectivity index (χ0v) is 8.82. The fraction of sp³-hybridized carbons (Fsp3) is 0. The van der Waals surface area contributed by atoms with Crippen LogP contribution in [0.1, 0.15) is 26.3 Å². The third kappa shape index (κ3) is 2.85. The molecule has 94 valence electrons. The van der Waals surface area contributed by atoms with E-state index in [1.807, 2.05) is 0 Å². The normalized spacial score (nSPS) is 10.4. The number of rotatable bonds is 4. The van der Waals surface area contributed by atoms with Crippen molar-refractivity contribution >= 4 is 24.0 Å². The zero-order chi connectivity index (χ0) is 13.9. The van der Waals surface area contributed by atoms with Crippen molar-refractivity contribution < 1.29 is 34.8 Å². The minimum absolute atomic E-state index is 0.125. The number of benzene rings is 1. The largest absolute Gasteiger partial charge is 0.507 e. The van der Waals surface area contributed by atoms with Crippen LogP contribution in [0.2, 0.25) is 0 Å². The van der Waals surface area contributed by atoms with Crippen molar-refractivity contribution in [2.45, 2.75) is 0 Å². The first-order chi connectivity index (χ1) is 8.32. The van der Waals surface area contributed by atoms with Gasteiger partial charge in [0, 0.05) is 6.08 Å². The van der Waals surface area contributed by atoms with Crippen molar-refractivity contribution in [1.29, 1.82) is 0 Å². The van der Waals surface area contributed by atoms with Gasteiger partial charge in [0.25, 0.3) is 0 Å². The number of carboxylic acid groups (broad SMARTS) is 3. The smallest absolute Gasteiger partial charge is 0.339 e. The average molecular weight is 252 g/mol. The molecule has 0 saturated carbocycles. The lowest BCUT2D eigenvalue weighted by Crippen LogP contribution is -2.04. The maximum Gasteiger partial charge on any atom is 0.339 e. The molecule has 0 saturated heterocycles. The summed E-state index contributed by atoms with van der Waals surface area (Å²) in [4.78, 5) is 31.9. The van der Waals surface area contributed by atoms with E-state index in [2.05, 4.69) is 0 Å². The minimum atomic E-state index is -1.45. The molecule has 7 heteroatoms. The Balaban J connectivity index is 3.44. The molecule has 4 N–H and O–H groups in total. The van der Waals surface area contributed by atoms with Gasteiger partial charge in [-0.15, -0.1) is 0 Å². The van der Waals surface area contributed by atoms with Crippen LogP contribution in [0.25, 0.3) is 6.08 Å². The maximum absolute atomic E-state index is 10.9. The molecule has 0 aromatic heterocycles. The second-order valence-electron chi connectivity index (χ2n) is 3.24. The molecular weight excluding hydrogens is 244 g/mol. The van der Waals surface area contributed by atoms with E-state index < -0.39 is 34.8 Å². The van der Waals surface area contributed by atoms with E-state index in [9.17, 15) is 19.5 Å². The molecule has 1 aromatic rings. The van der Waals surface area contributed by atoms with Gasteiger partial charge in [-0.3, -0.25) is 0 Å². The summed E-state index contributed by atoms with van der Waals surface area (Å²) < 4.78 is 0. The van der Waals surface area contributed by atoms with Crippen molar-refractivity contribution in [3.63, 3.8) is 0 Å². The summed E-state index contributed by atoms with van der Waals surface area (Å²) in [5.41, 5.74) is -1.03. The Labute approximate surface area is 100 Å². The third-order valence-corrected chi connectivity index (χ3v) is 2.03. The van der Waals surface area contributed by atoms with Gasteiger partial charge in [0.1, 0.15) is 11.3 Å². The first-order valence-electron chi connectivity index (χ1n) is 4.57. The molecule has 0 amide bonds. The lowest BCUT2D eigenvalue weighted by Gasteiger charge is -2.05. The van der Waals surface area contributed by atoms with E-state index in [0.29, 0.717) is 6.08 Å². The Hall–Kier alpha value is -2.83. The van der Waals surface area contributed by atoms with Gasteiger partial charge in [-0.1, -0.05) is 0 Å². The van der Waals surface area contributed by atoms with Crippen molar-refractivity contribution in [1.82, 2.24) is 0 Å². The molecule has 1 rings (SSSR count). The van der Waals surface area contributed by atoms with E-state index in [1.165, 1.54) is 0 Å². The van der Waals surface area contributed by atoms with Crippen LogP contribution >= 0.6 is 0 Å². The molecule has 1 aromatic carbocycles. The first kappa shape index (κ1) is 13.2. The summed E-state index contributed by atoms with van der Waals surface area (Å²) in [5, 5.41) is 35.4. The van der Waals surface area contributed by atoms with E-state index in [4.69, 9.17) is 15.3 Å². The molecule has 0 aliphatic rings. The van der Waals surface area contributed by atoms with Crippen molar-refractivity contribution in [3.8, 4) is 5.75 Å². The monoisotopic (exact) mass is 252 g/mol. The highest BCUT2D eigenvalue weighted by Gasteiger charge is 2.17. The van der Waals surface area contributed by atoms with Gasteiger partial charge in [0.15, 0.2) is 0 Å². The number of aromatic carboxylic acids is 2. The van der Waals surface area contributed by atoms with Crippen molar-refractivity contribution in [3.05, 3.63) is 34.9 Å². The fourth-order valence-electron chi connectivity index (χ4n) is 1.26. The van der Waals surface area contributed by atoms with E-state index in [1.54, 1.807) is 0 Å². The molecule has 0 unspecified atom stereocenters. The average Bonchev–Trinajstić information content (AvgIpc) is 2.26. The van der Waals surface area contributed by atoms with Crippen LogP contribution in [0.4, 0.5) is 0 Å². The highest BCUT2D eigenvalue weighted by molar-refractivity contribution is 5.99. The Bertz CT molecular complexity index is 557. The van der Waals surface area contributed by atoms with Crippen LogP contribution in [-0.4, -0.2) is 38.3 Å². The zero-order valence-electron chi connectivity index (χ0n) is 8.82. The Morgan fingerprint density at radius 1 is 0.944 bits per heavy atom. The third-order valence-electron chi connectivity index (χ3n) is 2.03. The molecule has 0 heterocycles. The lowest BCUT2D eigenvalue weighted by molar-refractivity contribution is -0.131. The Morgan fingerprint density at radius 3 is 1.94 bits per heavy atom. The number of aliphatic carboxylic acids is 1. The Morgan fingerprint density at radius 2 is 1.50 bits per heavy atom. The van der Waals surface area contributed by atoms with Crippen LogP contribution < -0.4 is 0 Å². The van der Waals surface area contributed by atoms with Crippen LogP contribution in [0.15, 0.2) is 18.2 Å². The van der Waals surface area contributed by atoms with Crippen LogP contribution in [0.5, 0.6) is 5.75 Å². The SMILES string of the molecule is O=C(O)/C=C/c1cc(C(=O)O)c(O)cc1C(=O)O. The summed E-state index contributed by atoms with van der Waals surface area (Å²) in [6, 6.07) is 1.65. The summed E-state index contributed by atoms with van der Waals surface area (Å²) in [5.74, 6) is -4.87. The van der Waals surface area contributed by atoms with E-state index in [0.717, 1.165) is 18.2 Å². The molecular formula is C11H8O7. The van der Waals surface area contributed by atoms with Gasteiger partial charge in [-0.25, -0.2) is 14.4 Å². The minimum Gasteiger partial charge on any atom is -0.507 e. The van der Waals surface area contributed by atoms with Crippen LogP contribution in [0.3, 0.4) is 0 Å². The second-order valence-corrected chi connectivity index (χ2v) is 3.24. The molecule has 0 bridgehead atoms. The van der Waals surface area contributed by atoms with E-state index in [-0.39, 0.29) is 5.56 Å². The molecule has 0 radical (unpaired) electrons. The molecule has 0 fully saturated rings. The fourth-order valence-corrected chi connectivity index (χ4v) is 1.26. The molecule has 0 aliphatic heterocycles. The first-order valence-corrected chi connectivity index (χ1v) is 4.57. The van der Waals surface area contributed by atoms with Gasteiger partial charge in [-0.05, 0) is 23.8 Å². The van der Waals surface area contributed by atoms with E-state index >= 15 is 0 Å². The number of aromatic hydroxyl groups is 1. The second kappa shape index (κ2) is 5.00. The molecule has 7 nitrogen and oxygen atoms in total. The van der Waals surface area contributed by atoms with Crippen LogP contribution in [0, 0.1) is 0 Å². The maximum atomic E-state index is 10.9. The molecule has 18 heavy (non-hydrogen) atoms. The summed E-state index contributed by atoms with van der Waals surface area (Å²) in [7, 11) is 0. The van der Waals surface area contributed by atoms with Gasteiger partial charge < -0.3 is 20.4 Å². The van der Waals surface area contributed by atoms with Crippen molar-refractivity contribution in [2.24, 2.45) is 0 Å². The quantitative estimate of drug-likeness (QED) is 0.585.